The van der Waals surface area contributed by atoms with Gasteiger partial charge in [-0.2, -0.15) is 4.98 Å². The standard InChI is InChI=1S/C26H29FN6O2S/c27-22-5-1-18(24(34)31-21-3-4-21)15-17(22)9-13-36-14-10-29-26(36)32-23-6-2-19(16-30-23)25(35)33-11-7-20(28)8-12-33/h1-2,5-6,10,14-16,20-21H,3-4,7-9,11-13,28H2,(H-,29,30,31,32,34,35)/p+1. The number of piperidine rings is 1. The second-order valence-corrected chi connectivity index (χ2v) is 11.3. The number of nitrogens with one attached hydrogen (secondary N) is 2. The fourth-order valence-electron chi connectivity index (χ4n) is 4.18. The molecule has 4 N–H and O–H groups in total. The molecule has 8 nitrogen and oxygen atoms in total. The van der Waals surface area contributed by atoms with E-state index in [4.69, 9.17) is 5.73 Å². The average molecular weight is 510 g/mol. The van der Waals surface area contributed by atoms with Crippen LogP contribution in [0, 0.1) is 5.82 Å². The van der Waals surface area contributed by atoms with E-state index in [1.54, 1.807) is 30.6 Å². The molecule has 1 unspecified atom stereocenters. The molecule has 2 fully saturated rings. The smallest absolute Gasteiger partial charge is 0.345 e. The minimum Gasteiger partial charge on any atom is -0.349 e. The first-order valence-corrected chi connectivity index (χ1v) is 13.7. The molecular weight excluding hydrogens is 479 g/mol. The Labute approximate surface area is 212 Å². The Morgan fingerprint density at radius 2 is 1.86 bits per heavy atom. The van der Waals surface area contributed by atoms with Crippen LogP contribution < -0.4 is 16.4 Å². The predicted molar refractivity (Wildman–Crippen MR) is 138 cm³/mol. The maximum absolute atomic E-state index is 14.4. The number of hydrogen-bond acceptors (Lipinski definition) is 6. The summed E-state index contributed by atoms with van der Waals surface area (Å²) in [7, 11) is -0.348. The number of nitrogens with two attached hydrogens (primary N) is 1. The van der Waals surface area contributed by atoms with Crippen molar-refractivity contribution in [2.75, 3.05) is 18.4 Å². The van der Waals surface area contributed by atoms with E-state index in [-0.39, 0.29) is 40.2 Å². The van der Waals surface area contributed by atoms with Gasteiger partial charge in [0, 0.05) is 53.8 Å². The van der Waals surface area contributed by atoms with Crippen LogP contribution in [0.5, 0.6) is 0 Å². The van der Waals surface area contributed by atoms with Gasteiger partial charge in [0.05, 0.1) is 11.8 Å². The van der Waals surface area contributed by atoms with Gasteiger partial charge in [-0.05, 0) is 61.6 Å². The summed E-state index contributed by atoms with van der Waals surface area (Å²) < 4.78 is 14.4. The maximum atomic E-state index is 14.4. The molecule has 1 aliphatic carbocycles. The van der Waals surface area contributed by atoms with Crippen molar-refractivity contribution in [3.8, 4) is 0 Å². The molecule has 0 radical (unpaired) electrons. The molecule has 3 heterocycles. The molecular formula is C26H30FN6O2S+. The molecule has 0 bridgehead atoms. The summed E-state index contributed by atoms with van der Waals surface area (Å²) >= 11 is 0. The second-order valence-electron chi connectivity index (χ2n) is 9.34. The van der Waals surface area contributed by atoms with Gasteiger partial charge in [-0.1, -0.05) is 0 Å². The normalized spacial score (nSPS) is 16.6. The number of hydrogen-bond donors (Lipinski definition) is 3. The molecule has 36 heavy (non-hydrogen) atoms. The van der Waals surface area contributed by atoms with Crippen molar-refractivity contribution in [1.29, 1.82) is 0 Å². The minimum atomic E-state index is -0.348. The Hall–Kier alpha value is -3.37. The zero-order valence-corrected chi connectivity index (χ0v) is 20.8. The maximum Gasteiger partial charge on any atom is 0.345 e. The van der Waals surface area contributed by atoms with E-state index in [0.717, 1.165) is 30.8 Å². The van der Waals surface area contributed by atoms with Crippen molar-refractivity contribution in [3.63, 3.8) is 0 Å². The van der Waals surface area contributed by atoms with E-state index in [0.29, 0.717) is 47.8 Å². The number of anilines is 2. The molecule has 1 saturated heterocycles. The SMILES string of the molecule is NC1CCN(C(=O)c2ccc(Nc3ncc[s+]3CCc3cc(C(=O)NC4CC4)ccc3F)nc2)CC1. The third-order valence-electron chi connectivity index (χ3n) is 6.55. The molecule has 5 rings (SSSR count). The summed E-state index contributed by atoms with van der Waals surface area (Å²) in [6.07, 6.45) is 7.43. The first-order valence-electron chi connectivity index (χ1n) is 12.3. The van der Waals surface area contributed by atoms with Gasteiger partial charge in [0.1, 0.15) is 17.4 Å². The van der Waals surface area contributed by atoms with Crippen LogP contribution in [0.3, 0.4) is 0 Å². The minimum absolute atomic E-state index is 0.0318. The number of carbonyl (C=O) groups is 2. The molecule has 188 valence electrons. The first kappa shape index (κ1) is 24.3. The monoisotopic (exact) mass is 509 g/mol. The largest absolute Gasteiger partial charge is 0.349 e. The number of nitrogens with zero attached hydrogens (tertiary/aromatic N) is 3. The van der Waals surface area contributed by atoms with Gasteiger partial charge in [0.25, 0.3) is 11.8 Å². The third kappa shape index (κ3) is 5.88. The fraction of sp³-hybridized carbons (Fsp3) is 0.385. The lowest BCUT2D eigenvalue weighted by Gasteiger charge is -2.30. The number of halogens is 1. The Bertz CT molecular complexity index is 1240. The lowest BCUT2D eigenvalue weighted by atomic mass is 10.1. The Morgan fingerprint density at radius 1 is 1.08 bits per heavy atom. The molecule has 2 amide bonds. The van der Waals surface area contributed by atoms with Gasteiger partial charge in [-0.25, -0.2) is 9.37 Å². The van der Waals surface area contributed by atoms with Crippen LogP contribution in [-0.4, -0.2) is 51.9 Å². The lowest BCUT2D eigenvalue weighted by Crippen LogP contribution is -2.42. The van der Waals surface area contributed by atoms with Crippen molar-refractivity contribution in [2.24, 2.45) is 5.73 Å². The van der Waals surface area contributed by atoms with E-state index in [1.165, 1.54) is 12.1 Å². The zero-order chi connectivity index (χ0) is 25.1. The molecule has 3 aromatic rings. The number of aryl methyl sites for hydroxylation is 2. The van der Waals surface area contributed by atoms with Gasteiger partial charge in [-0.3, -0.25) is 14.9 Å². The predicted octanol–water partition coefficient (Wildman–Crippen LogP) is 3.81. The number of carbonyl (C=O) groups excluding carboxylic acids is 2. The van der Waals surface area contributed by atoms with Crippen LogP contribution in [0.2, 0.25) is 0 Å². The van der Waals surface area contributed by atoms with Crippen LogP contribution >= 0.6 is 10.5 Å². The van der Waals surface area contributed by atoms with Gasteiger partial charge >= 0.3 is 5.13 Å². The van der Waals surface area contributed by atoms with Crippen molar-refractivity contribution >= 4 is 33.2 Å². The number of rotatable bonds is 8. The molecule has 0 spiro atoms. The van der Waals surface area contributed by atoms with Crippen LogP contribution in [0.1, 0.15) is 52.0 Å². The van der Waals surface area contributed by atoms with E-state index >= 15 is 0 Å². The quantitative estimate of drug-likeness (QED) is 0.398. The Balaban J connectivity index is 1.20. The summed E-state index contributed by atoms with van der Waals surface area (Å²) in [6.45, 7) is 1.33. The topological polar surface area (TPSA) is 113 Å². The van der Waals surface area contributed by atoms with Gasteiger partial charge in [0.2, 0.25) is 0 Å². The highest BCUT2D eigenvalue weighted by molar-refractivity contribution is 7.32. The zero-order valence-electron chi connectivity index (χ0n) is 20.0. The number of thiazole rings is 1. The summed E-state index contributed by atoms with van der Waals surface area (Å²) in [5.41, 5.74) is 7.48. The van der Waals surface area contributed by atoms with Crippen molar-refractivity contribution in [1.82, 2.24) is 20.2 Å². The number of aromatic nitrogens is 2. The molecule has 1 aliphatic heterocycles. The highest BCUT2D eigenvalue weighted by atomic mass is 32.2. The van der Waals surface area contributed by atoms with E-state index in [2.05, 4.69) is 20.6 Å². The highest BCUT2D eigenvalue weighted by Gasteiger charge is 2.25. The van der Waals surface area contributed by atoms with E-state index in [1.807, 2.05) is 10.3 Å². The number of likely N-dealkylation sites (tertiary alicyclic amines) is 1. The molecule has 10 heteroatoms. The summed E-state index contributed by atoms with van der Waals surface area (Å²) in [6, 6.07) is 8.50. The van der Waals surface area contributed by atoms with Crippen molar-refractivity contribution < 1.29 is 14.0 Å². The van der Waals surface area contributed by atoms with Gasteiger partial charge in [0.15, 0.2) is 5.38 Å². The summed E-state index contributed by atoms with van der Waals surface area (Å²) in [5.74, 6) is 0.755. The van der Waals surface area contributed by atoms with Crippen molar-refractivity contribution in [2.45, 2.75) is 49.9 Å². The van der Waals surface area contributed by atoms with E-state index in [9.17, 15) is 14.0 Å². The van der Waals surface area contributed by atoms with Crippen molar-refractivity contribution in [3.05, 3.63) is 70.6 Å². The van der Waals surface area contributed by atoms with Gasteiger partial charge < -0.3 is 16.0 Å². The lowest BCUT2D eigenvalue weighted by molar-refractivity contribution is 0.0714. The highest BCUT2D eigenvalue weighted by Crippen LogP contribution is 2.32. The molecule has 2 aliphatic rings. The molecule has 2 aromatic heterocycles. The van der Waals surface area contributed by atoms with Crippen LogP contribution in [0.25, 0.3) is 0 Å². The Morgan fingerprint density at radius 3 is 2.58 bits per heavy atom. The third-order valence-corrected chi connectivity index (χ3v) is 8.35. The first-order chi connectivity index (χ1) is 17.5. The van der Waals surface area contributed by atoms with Gasteiger partial charge in [-0.15, -0.1) is 0 Å². The average Bonchev–Trinajstić information content (AvgIpc) is 3.60. The molecule has 1 atom stereocenters. The molecule has 1 saturated carbocycles. The number of amides is 2. The summed E-state index contributed by atoms with van der Waals surface area (Å²) in [5, 5.41) is 8.92. The van der Waals surface area contributed by atoms with Crippen LogP contribution in [0.15, 0.2) is 48.1 Å². The molecule has 1 aromatic carbocycles. The second kappa shape index (κ2) is 10.7. The summed E-state index contributed by atoms with van der Waals surface area (Å²) in [4.78, 5) is 35.7. The van der Waals surface area contributed by atoms with Crippen LogP contribution in [-0.2, 0) is 12.2 Å². The van der Waals surface area contributed by atoms with E-state index < -0.39 is 0 Å². The fourth-order valence-corrected chi connectivity index (χ4v) is 5.72. The number of benzene rings is 1. The van der Waals surface area contributed by atoms with Crippen LogP contribution in [0.4, 0.5) is 15.3 Å². The number of pyridine rings is 1. The Kier molecular flexibility index (Phi) is 7.24.